The quantitative estimate of drug-likeness (QED) is 0.890. The summed E-state index contributed by atoms with van der Waals surface area (Å²) in [5.74, 6) is 0.959. The Kier molecular flexibility index (Phi) is 4.80. The smallest absolute Gasteiger partial charge is 0.258 e. The molecule has 0 radical (unpaired) electrons. The molecule has 1 amide bonds. The zero-order valence-electron chi connectivity index (χ0n) is 12.2. The molecule has 0 bridgehead atoms. The minimum absolute atomic E-state index is 0.153. The zero-order valence-corrected chi connectivity index (χ0v) is 13.0. The Morgan fingerprint density at radius 2 is 2.24 bits per heavy atom. The average Bonchev–Trinajstić information content (AvgIpc) is 2.89. The van der Waals surface area contributed by atoms with E-state index in [0.717, 1.165) is 6.54 Å². The summed E-state index contributed by atoms with van der Waals surface area (Å²) >= 11 is 6.06. The summed E-state index contributed by atoms with van der Waals surface area (Å²) in [7, 11) is 0. The van der Waals surface area contributed by atoms with Gasteiger partial charge in [-0.25, -0.2) is 9.67 Å². The molecule has 0 saturated heterocycles. The number of carbonyl (C=O) groups is 1. The Balaban J connectivity index is 2.24. The van der Waals surface area contributed by atoms with Gasteiger partial charge in [0, 0.05) is 24.8 Å². The lowest BCUT2D eigenvalue weighted by Crippen LogP contribution is -2.17. The molecular weight excluding hydrogens is 290 g/mol. The second-order valence-corrected chi connectivity index (χ2v) is 5.20. The van der Waals surface area contributed by atoms with E-state index in [4.69, 9.17) is 11.6 Å². The summed E-state index contributed by atoms with van der Waals surface area (Å²) in [6.07, 6.45) is 3.11. The zero-order chi connectivity index (χ0) is 15.4. The van der Waals surface area contributed by atoms with Crippen LogP contribution in [-0.4, -0.2) is 27.2 Å². The van der Waals surface area contributed by atoms with Gasteiger partial charge in [-0.3, -0.25) is 4.79 Å². The number of nitrogens with zero attached hydrogens (tertiary/aromatic N) is 3. The fourth-order valence-corrected chi connectivity index (χ4v) is 2.09. The molecule has 0 aliphatic rings. The van der Waals surface area contributed by atoms with Gasteiger partial charge in [-0.1, -0.05) is 11.6 Å². The third kappa shape index (κ3) is 3.52. The van der Waals surface area contributed by atoms with Crippen LogP contribution in [0.5, 0.6) is 0 Å². The Morgan fingerprint density at radius 3 is 2.90 bits per heavy atom. The molecule has 0 spiro atoms. The lowest BCUT2D eigenvalue weighted by atomic mass is 10.2. The first kappa shape index (κ1) is 15.3. The van der Waals surface area contributed by atoms with Gasteiger partial charge in [0.05, 0.1) is 16.8 Å². The van der Waals surface area contributed by atoms with E-state index in [-0.39, 0.29) is 11.9 Å². The Morgan fingerprint density at radius 1 is 1.48 bits per heavy atom. The van der Waals surface area contributed by atoms with Gasteiger partial charge in [0.1, 0.15) is 11.6 Å². The van der Waals surface area contributed by atoms with Crippen molar-refractivity contribution in [2.24, 2.45) is 0 Å². The molecule has 0 unspecified atom stereocenters. The van der Waals surface area contributed by atoms with Gasteiger partial charge in [-0.15, -0.1) is 0 Å². The summed E-state index contributed by atoms with van der Waals surface area (Å²) < 4.78 is 1.73. The van der Waals surface area contributed by atoms with Crippen molar-refractivity contribution in [3.63, 3.8) is 0 Å². The number of carbonyl (C=O) groups excluding carboxylic acids is 1. The van der Waals surface area contributed by atoms with Crippen LogP contribution in [-0.2, 0) is 0 Å². The van der Waals surface area contributed by atoms with Gasteiger partial charge < -0.3 is 10.6 Å². The standard InChI is InChI=1S/C14H18ClN5O/c1-4-16-12-7-10(11(15)8-17-12)14(21)19-13-5-6-18-20(13)9(2)3/h5-9H,4H2,1-3H3,(H,16,17)(H,19,21). The van der Waals surface area contributed by atoms with Crippen molar-refractivity contribution in [1.29, 1.82) is 0 Å². The van der Waals surface area contributed by atoms with Crippen LogP contribution in [0.2, 0.25) is 5.02 Å². The Bertz CT molecular complexity index is 638. The summed E-state index contributed by atoms with van der Waals surface area (Å²) in [5, 5.41) is 10.4. The molecule has 7 heteroatoms. The lowest BCUT2D eigenvalue weighted by molar-refractivity contribution is 0.102. The van der Waals surface area contributed by atoms with Crippen LogP contribution in [0.4, 0.5) is 11.6 Å². The molecule has 0 aliphatic heterocycles. The second-order valence-electron chi connectivity index (χ2n) is 4.79. The maximum atomic E-state index is 12.4. The van der Waals surface area contributed by atoms with Crippen molar-refractivity contribution in [1.82, 2.24) is 14.8 Å². The van der Waals surface area contributed by atoms with E-state index in [0.29, 0.717) is 22.2 Å². The van der Waals surface area contributed by atoms with E-state index in [9.17, 15) is 4.79 Å². The fraction of sp³-hybridized carbons (Fsp3) is 0.357. The number of hydrogen-bond donors (Lipinski definition) is 2. The number of nitrogens with one attached hydrogen (secondary N) is 2. The number of amides is 1. The first-order chi connectivity index (χ1) is 10.0. The van der Waals surface area contributed by atoms with Gasteiger partial charge in [0.2, 0.25) is 0 Å². The maximum absolute atomic E-state index is 12.4. The highest BCUT2D eigenvalue weighted by Crippen LogP contribution is 2.20. The summed E-state index contributed by atoms with van der Waals surface area (Å²) in [4.78, 5) is 16.5. The predicted molar refractivity (Wildman–Crippen MR) is 84.0 cm³/mol. The summed E-state index contributed by atoms with van der Waals surface area (Å²) in [6.45, 7) is 6.66. The van der Waals surface area contributed by atoms with Crippen LogP contribution in [0.3, 0.4) is 0 Å². The molecule has 2 rings (SSSR count). The van der Waals surface area contributed by atoms with Crippen molar-refractivity contribution in [2.75, 3.05) is 17.2 Å². The Labute approximate surface area is 128 Å². The molecule has 0 aromatic carbocycles. The van der Waals surface area contributed by atoms with Gasteiger partial charge in [0.15, 0.2) is 0 Å². The third-order valence-electron chi connectivity index (χ3n) is 2.86. The minimum atomic E-state index is -0.288. The second kappa shape index (κ2) is 6.58. The monoisotopic (exact) mass is 307 g/mol. The molecule has 0 aliphatic carbocycles. The average molecular weight is 308 g/mol. The first-order valence-corrected chi connectivity index (χ1v) is 7.15. The molecule has 112 valence electrons. The number of halogens is 1. The molecule has 0 fully saturated rings. The van der Waals surface area contributed by atoms with E-state index in [1.165, 1.54) is 6.20 Å². The molecule has 6 nitrogen and oxygen atoms in total. The number of aromatic nitrogens is 3. The molecule has 2 N–H and O–H groups in total. The number of anilines is 2. The van der Waals surface area contributed by atoms with Crippen molar-refractivity contribution in [3.8, 4) is 0 Å². The van der Waals surface area contributed by atoms with Gasteiger partial charge in [0.25, 0.3) is 5.91 Å². The molecule has 21 heavy (non-hydrogen) atoms. The summed E-state index contributed by atoms with van der Waals surface area (Å²) in [6, 6.07) is 3.54. The number of hydrogen-bond acceptors (Lipinski definition) is 4. The van der Waals surface area contributed by atoms with Gasteiger partial charge in [-0.2, -0.15) is 5.10 Å². The third-order valence-corrected chi connectivity index (χ3v) is 3.16. The van der Waals surface area contributed by atoms with Crippen molar-refractivity contribution >= 4 is 29.1 Å². The molecule has 0 atom stereocenters. The normalized spacial score (nSPS) is 10.7. The van der Waals surface area contributed by atoms with Crippen molar-refractivity contribution in [3.05, 3.63) is 35.1 Å². The van der Waals surface area contributed by atoms with Crippen LogP contribution < -0.4 is 10.6 Å². The highest BCUT2D eigenvalue weighted by Gasteiger charge is 2.15. The van der Waals surface area contributed by atoms with Crippen LogP contribution in [0, 0.1) is 0 Å². The van der Waals surface area contributed by atoms with Gasteiger partial charge in [-0.05, 0) is 26.8 Å². The largest absolute Gasteiger partial charge is 0.370 e. The number of pyridine rings is 1. The highest BCUT2D eigenvalue weighted by atomic mass is 35.5. The SMILES string of the molecule is CCNc1cc(C(=O)Nc2ccnn2C(C)C)c(Cl)cn1. The Hall–Kier alpha value is -2.08. The highest BCUT2D eigenvalue weighted by molar-refractivity contribution is 6.34. The van der Waals surface area contributed by atoms with Crippen molar-refractivity contribution < 1.29 is 4.79 Å². The summed E-state index contributed by atoms with van der Waals surface area (Å²) in [5.41, 5.74) is 0.374. The van der Waals surface area contributed by atoms with E-state index in [2.05, 4.69) is 20.7 Å². The van der Waals surface area contributed by atoms with E-state index in [1.54, 1.807) is 23.0 Å². The molecule has 2 aromatic heterocycles. The molecular formula is C14H18ClN5O. The topological polar surface area (TPSA) is 71.8 Å². The van der Waals surface area contributed by atoms with Gasteiger partial charge >= 0.3 is 0 Å². The fourth-order valence-electron chi connectivity index (χ4n) is 1.90. The molecule has 2 aromatic rings. The van der Waals surface area contributed by atoms with Crippen LogP contribution in [0.1, 0.15) is 37.2 Å². The first-order valence-electron chi connectivity index (χ1n) is 6.77. The predicted octanol–water partition coefficient (Wildman–Crippen LogP) is 3.20. The van der Waals surface area contributed by atoms with E-state index < -0.39 is 0 Å². The van der Waals surface area contributed by atoms with E-state index >= 15 is 0 Å². The van der Waals surface area contributed by atoms with E-state index in [1.807, 2.05) is 20.8 Å². The molecule has 0 saturated carbocycles. The number of rotatable bonds is 5. The maximum Gasteiger partial charge on any atom is 0.258 e. The van der Waals surface area contributed by atoms with Crippen LogP contribution >= 0.6 is 11.6 Å². The van der Waals surface area contributed by atoms with Crippen molar-refractivity contribution in [2.45, 2.75) is 26.8 Å². The molecule has 2 heterocycles. The van der Waals surface area contributed by atoms with Crippen LogP contribution in [0.25, 0.3) is 0 Å². The lowest BCUT2D eigenvalue weighted by Gasteiger charge is -2.12. The minimum Gasteiger partial charge on any atom is -0.370 e. The van der Waals surface area contributed by atoms with Crippen LogP contribution in [0.15, 0.2) is 24.5 Å².